The molecule has 0 spiro atoms. The van der Waals surface area contributed by atoms with Crippen molar-refractivity contribution in [3.8, 4) is 11.1 Å². The van der Waals surface area contributed by atoms with Crippen molar-refractivity contribution in [1.82, 2.24) is 5.32 Å². The normalized spacial score (nSPS) is 12.2. The predicted molar refractivity (Wildman–Crippen MR) is 127 cm³/mol. The number of amides is 1. The molecule has 0 bridgehead atoms. The van der Waals surface area contributed by atoms with Crippen molar-refractivity contribution in [3.63, 3.8) is 0 Å². The van der Waals surface area contributed by atoms with Gasteiger partial charge >= 0.3 is 5.63 Å². The second kappa shape index (κ2) is 9.55. The highest BCUT2D eigenvalue weighted by Crippen LogP contribution is 2.37. The molecule has 7 nitrogen and oxygen atoms in total. The Kier molecular flexibility index (Phi) is 6.54. The number of furan rings is 1. The molecule has 1 N–H and O–H groups in total. The van der Waals surface area contributed by atoms with Crippen LogP contribution in [0.2, 0.25) is 0 Å². The zero-order valence-corrected chi connectivity index (χ0v) is 19.4. The van der Waals surface area contributed by atoms with Crippen molar-refractivity contribution in [2.45, 2.75) is 52.5 Å². The lowest BCUT2D eigenvalue weighted by molar-refractivity contribution is -0.308. The van der Waals surface area contributed by atoms with Crippen LogP contribution in [-0.4, -0.2) is 17.9 Å². The zero-order valence-electron chi connectivity index (χ0n) is 19.4. The van der Waals surface area contributed by atoms with Gasteiger partial charge in [-0.15, -0.1) is 0 Å². The lowest BCUT2D eigenvalue weighted by Crippen LogP contribution is -2.47. The third-order valence-corrected chi connectivity index (χ3v) is 6.13. The summed E-state index contributed by atoms with van der Waals surface area (Å²) < 4.78 is 11.5. The number of hydrogen-bond acceptors (Lipinski definition) is 6. The van der Waals surface area contributed by atoms with Crippen molar-refractivity contribution in [2.24, 2.45) is 0 Å². The van der Waals surface area contributed by atoms with Crippen LogP contribution in [0, 0.1) is 13.8 Å². The first-order valence-corrected chi connectivity index (χ1v) is 11.3. The summed E-state index contributed by atoms with van der Waals surface area (Å²) >= 11 is 0. The molecule has 34 heavy (non-hydrogen) atoms. The van der Waals surface area contributed by atoms with Crippen molar-refractivity contribution >= 4 is 33.8 Å². The molecular weight excluding hydrogens is 434 g/mol. The number of carboxylic acid groups (broad SMARTS) is 1. The van der Waals surface area contributed by atoms with E-state index in [1.54, 1.807) is 6.07 Å². The molecule has 0 saturated carbocycles. The third kappa shape index (κ3) is 4.46. The van der Waals surface area contributed by atoms with E-state index in [1.807, 2.05) is 57.2 Å². The number of carbonyl (C=O) groups is 2. The van der Waals surface area contributed by atoms with E-state index in [0.717, 1.165) is 33.2 Å². The molecule has 0 radical (unpaired) electrons. The van der Waals surface area contributed by atoms with E-state index < -0.39 is 23.5 Å². The molecule has 2 heterocycles. The fraction of sp³-hybridized carbons (Fsp3) is 0.296. The summed E-state index contributed by atoms with van der Waals surface area (Å²) in [6, 6.07) is 12.6. The topological polar surface area (TPSA) is 113 Å². The number of benzene rings is 2. The van der Waals surface area contributed by atoms with Gasteiger partial charge in [0.2, 0.25) is 5.91 Å². The second-order valence-corrected chi connectivity index (χ2v) is 8.46. The smallest absolute Gasteiger partial charge is 0.339 e. The van der Waals surface area contributed by atoms with Crippen molar-refractivity contribution in [3.05, 3.63) is 69.8 Å². The Hall–Kier alpha value is -3.87. The van der Waals surface area contributed by atoms with Gasteiger partial charge in [-0.2, -0.15) is 0 Å². The van der Waals surface area contributed by atoms with Crippen LogP contribution in [-0.2, 0) is 16.0 Å². The number of hydrogen-bond donors (Lipinski definition) is 1. The van der Waals surface area contributed by atoms with Gasteiger partial charge in [0.1, 0.15) is 16.9 Å². The first kappa shape index (κ1) is 23.3. The van der Waals surface area contributed by atoms with Crippen LogP contribution in [0.5, 0.6) is 0 Å². The number of aryl methyl sites for hydroxylation is 2. The Morgan fingerprint density at radius 1 is 1.03 bits per heavy atom. The standard InChI is InChI=1S/C27H27NO6/c1-4-8-21(26(30)31)28-24(29)12-11-18-15(2)19-13-20-23(14-22(19)34-27(18)32)33-16(3)25(20)17-9-6-5-7-10-17/h5-7,9-10,13-14,21H,4,8,11-12H2,1-3H3,(H,28,29)(H,30,31)/p-1/t21-/m1/s1. The quantitative estimate of drug-likeness (QED) is 0.400. The minimum Gasteiger partial charge on any atom is -0.548 e. The monoisotopic (exact) mass is 460 g/mol. The SMILES string of the molecule is CCC[C@@H](NC(=O)CCc1c(C)c2cc3c(-c4ccccc4)c(C)oc3cc2oc1=O)C(=O)[O-]. The van der Waals surface area contributed by atoms with Crippen LogP contribution in [0.1, 0.15) is 43.1 Å². The zero-order chi connectivity index (χ0) is 24.4. The molecule has 2 aromatic carbocycles. The predicted octanol–water partition coefficient (Wildman–Crippen LogP) is 3.79. The Bertz CT molecular complexity index is 1430. The highest BCUT2D eigenvalue weighted by molar-refractivity contribution is 6.03. The maximum atomic E-state index is 12.7. The summed E-state index contributed by atoms with van der Waals surface area (Å²) in [5.41, 5.74) is 3.65. The number of fused-ring (bicyclic) bond motifs is 2. The minimum atomic E-state index is -1.31. The maximum Gasteiger partial charge on any atom is 0.339 e. The van der Waals surface area contributed by atoms with Crippen LogP contribution in [0.3, 0.4) is 0 Å². The number of rotatable bonds is 8. The molecule has 0 aliphatic carbocycles. The first-order chi connectivity index (χ1) is 16.3. The van der Waals surface area contributed by atoms with Crippen LogP contribution in [0.4, 0.5) is 0 Å². The first-order valence-electron chi connectivity index (χ1n) is 11.3. The van der Waals surface area contributed by atoms with E-state index >= 15 is 0 Å². The average Bonchev–Trinajstić information content (AvgIpc) is 3.12. The molecular formula is C27H26NO6-. The summed E-state index contributed by atoms with van der Waals surface area (Å²) in [6.45, 7) is 5.56. The molecule has 176 valence electrons. The molecule has 4 rings (SSSR count). The molecule has 0 unspecified atom stereocenters. The molecule has 2 aromatic heterocycles. The molecule has 0 aliphatic heterocycles. The molecule has 1 atom stereocenters. The van der Waals surface area contributed by atoms with Gasteiger partial charge in [-0.1, -0.05) is 43.7 Å². The molecule has 0 saturated heterocycles. The highest BCUT2D eigenvalue weighted by Gasteiger charge is 2.19. The lowest BCUT2D eigenvalue weighted by Gasteiger charge is -2.19. The minimum absolute atomic E-state index is 0.0348. The maximum absolute atomic E-state index is 12.7. The average molecular weight is 461 g/mol. The van der Waals surface area contributed by atoms with Gasteiger partial charge in [-0.3, -0.25) is 4.79 Å². The van der Waals surface area contributed by atoms with E-state index in [0.29, 0.717) is 23.2 Å². The summed E-state index contributed by atoms with van der Waals surface area (Å²) in [5, 5.41) is 15.3. The van der Waals surface area contributed by atoms with Gasteiger partial charge in [0, 0.05) is 34.4 Å². The Morgan fingerprint density at radius 2 is 1.74 bits per heavy atom. The summed E-state index contributed by atoms with van der Waals surface area (Å²) in [4.78, 5) is 36.2. The van der Waals surface area contributed by atoms with Gasteiger partial charge in [0.25, 0.3) is 0 Å². The fourth-order valence-corrected chi connectivity index (χ4v) is 4.40. The molecule has 7 heteroatoms. The lowest BCUT2D eigenvalue weighted by atomic mass is 9.98. The van der Waals surface area contributed by atoms with E-state index in [1.165, 1.54) is 0 Å². The Morgan fingerprint density at radius 3 is 2.41 bits per heavy atom. The molecule has 4 aromatic rings. The van der Waals surface area contributed by atoms with Gasteiger partial charge in [-0.25, -0.2) is 4.79 Å². The Balaban J connectivity index is 1.69. The van der Waals surface area contributed by atoms with Gasteiger partial charge in [0.15, 0.2) is 0 Å². The van der Waals surface area contributed by atoms with Crippen LogP contribution < -0.4 is 16.0 Å². The van der Waals surface area contributed by atoms with Gasteiger partial charge in [-0.05, 0) is 43.9 Å². The molecule has 0 fully saturated rings. The van der Waals surface area contributed by atoms with Crippen molar-refractivity contribution in [1.29, 1.82) is 0 Å². The molecule has 0 aliphatic rings. The van der Waals surface area contributed by atoms with E-state index in [2.05, 4.69) is 5.32 Å². The third-order valence-electron chi connectivity index (χ3n) is 6.13. The van der Waals surface area contributed by atoms with Crippen LogP contribution in [0.25, 0.3) is 33.1 Å². The van der Waals surface area contributed by atoms with E-state index in [-0.39, 0.29) is 19.3 Å². The molecule has 1 amide bonds. The van der Waals surface area contributed by atoms with Gasteiger partial charge < -0.3 is 24.1 Å². The number of nitrogens with one attached hydrogen (secondary N) is 1. The summed E-state index contributed by atoms with van der Waals surface area (Å²) in [7, 11) is 0. The van der Waals surface area contributed by atoms with Crippen molar-refractivity contribution < 1.29 is 23.5 Å². The summed E-state index contributed by atoms with van der Waals surface area (Å²) in [6.07, 6.45) is 0.983. The fourth-order valence-electron chi connectivity index (χ4n) is 4.40. The number of carboxylic acids is 1. The van der Waals surface area contributed by atoms with Gasteiger partial charge in [0.05, 0.1) is 12.0 Å². The summed E-state index contributed by atoms with van der Waals surface area (Å²) in [5.74, 6) is -0.998. The van der Waals surface area contributed by atoms with Crippen LogP contribution >= 0.6 is 0 Å². The van der Waals surface area contributed by atoms with Crippen LogP contribution in [0.15, 0.2) is 56.1 Å². The van der Waals surface area contributed by atoms with E-state index in [9.17, 15) is 19.5 Å². The number of aliphatic carboxylic acids is 1. The number of carbonyl (C=O) groups excluding carboxylic acids is 2. The second-order valence-electron chi connectivity index (χ2n) is 8.46. The van der Waals surface area contributed by atoms with E-state index in [4.69, 9.17) is 8.83 Å². The van der Waals surface area contributed by atoms with Crippen molar-refractivity contribution in [2.75, 3.05) is 0 Å². The largest absolute Gasteiger partial charge is 0.548 e. The Labute approximate surface area is 196 Å². The highest BCUT2D eigenvalue weighted by atomic mass is 16.4.